The Hall–Kier alpha value is -2.63. The van der Waals surface area contributed by atoms with Crippen LogP contribution in [-0.4, -0.2) is 39.5 Å². The summed E-state index contributed by atoms with van der Waals surface area (Å²) in [6.07, 6.45) is 4.60. The minimum atomic E-state index is -0.639. The Balaban J connectivity index is 1.56. The van der Waals surface area contributed by atoms with Gasteiger partial charge in [-0.05, 0) is 44.2 Å². The zero-order chi connectivity index (χ0) is 19.5. The molecule has 5 rings (SSSR count). The number of hydrogen-bond acceptors (Lipinski definition) is 3. The van der Waals surface area contributed by atoms with E-state index in [1.165, 1.54) is 0 Å². The molecule has 146 valence electrons. The van der Waals surface area contributed by atoms with Gasteiger partial charge in [-0.2, -0.15) is 5.10 Å². The largest absolute Gasteiger partial charge is 0.334 e. The number of aryl methyl sites for hydroxylation is 1. The summed E-state index contributed by atoms with van der Waals surface area (Å²) < 4.78 is 0. The lowest BCUT2D eigenvalue weighted by atomic mass is 9.73. The van der Waals surface area contributed by atoms with E-state index in [-0.39, 0.29) is 17.9 Å². The van der Waals surface area contributed by atoms with E-state index in [0.717, 1.165) is 53.9 Å². The zero-order valence-corrected chi connectivity index (χ0v) is 16.4. The van der Waals surface area contributed by atoms with Crippen LogP contribution in [0.25, 0.3) is 0 Å². The maximum atomic E-state index is 13.7. The highest BCUT2D eigenvalue weighted by molar-refractivity contribution is 6.08. The number of rotatable bonds is 4. The molecule has 6 nitrogen and oxygen atoms in total. The molecule has 1 saturated heterocycles. The molecular formula is C22H26N4O2. The third-order valence-electron chi connectivity index (χ3n) is 6.73. The highest BCUT2D eigenvalue weighted by Gasteiger charge is 2.58. The summed E-state index contributed by atoms with van der Waals surface area (Å²) in [6, 6.07) is 7.81. The van der Waals surface area contributed by atoms with Crippen LogP contribution in [0.4, 0.5) is 5.69 Å². The summed E-state index contributed by atoms with van der Waals surface area (Å²) in [4.78, 5) is 28.8. The van der Waals surface area contributed by atoms with E-state index >= 15 is 0 Å². The molecule has 2 aliphatic heterocycles. The van der Waals surface area contributed by atoms with Crippen LogP contribution in [0.2, 0.25) is 0 Å². The molecule has 2 fully saturated rings. The fraction of sp³-hybridized carbons (Fsp3) is 0.500. The highest BCUT2D eigenvalue weighted by atomic mass is 16.2. The van der Waals surface area contributed by atoms with Crippen LogP contribution >= 0.6 is 0 Å². The molecule has 2 amide bonds. The van der Waals surface area contributed by atoms with E-state index in [4.69, 9.17) is 0 Å². The first kappa shape index (κ1) is 17.5. The zero-order valence-electron chi connectivity index (χ0n) is 16.4. The van der Waals surface area contributed by atoms with E-state index in [1.807, 2.05) is 36.1 Å². The number of benzene rings is 1. The van der Waals surface area contributed by atoms with Crippen molar-refractivity contribution in [2.24, 2.45) is 0 Å². The van der Waals surface area contributed by atoms with E-state index in [0.29, 0.717) is 18.9 Å². The molecule has 6 heteroatoms. The van der Waals surface area contributed by atoms with Gasteiger partial charge in [0.1, 0.15) is 0 Å². The lowest BCUT2D eigenvalue weighted by Gasteiger charge is -2.34. The standard InChI is InChI=1S/C22H26N4O2/c1-3-6-17-22(15-7-4-5-8-16(15)23-21(22)28)11-12-26(17)20(27)18-13(2)24-25-19(18)14-9-10-14/h4-5,7-8,14,17H,3,6,9-12H2,1-2H3,(H,23,28)(H,24,25)/t17-,22-/m0/s1. The fourth-order valence-electron chi connectivity index (χ4n) is 5.23. The van der Waals surface area contributed by atoms with Crippen LogP contribution in [0.15, 0.2) is 24.3 Å². The van der Waals surface area contributed by atoms with Crippen LogP contribution in [0.1, 0.15) is 72.3 Å². The number of carbonyl (C=O) groups excluding carboxylic acids is 2. The molecule has 1 aliphatic carbocycles. The monoisotopic (exact) mass is 378 g/mol. The Morgan fingerprint density at radius 3 is 2.86 bits per heavy atom. The van der Waals surface area contributed by atoms with E-state index < -0.39 is 5.41 Å². The summed E-state index contributed by atoms with van der Waals surface area (Å²) >= 11 is 0. The van der Waals surface area contributed by atoms with Gasteiger partial charge in [0.25, 0.3) is 5.91 Å². The number of H-pyrrole nitrogens is 1. The van der Waals surface area contributed by atoms with Crippen molar-refractivity contribution < 1.29 is 9.59 Å². The van der Waals surface area contributed by atoms with Gasteiger partial charge in [-0.25, -0.2) is 0 Å². The number of hydrogen-bond donors (Lipinski definition) is 2. The van der Waals surface area contributed by atoms with Crippen molar-refractivity contribution in [2.75, 3.05) is 11.9 Å². The number of anilines is 1. The second-order valence-corrected chi connectivity index (χ2v) is 8.41. The predicted octanol–water partition coefficient (Wildman–Crippen LogP) is 3.50. The van der Waals surface area contributed by atoms with Gasteiger partial charge in [-0.1, -0.05) is 31.5 Å². The first-order valence-electron chi connectivity index (χ1n) is 10.3. The van der Waals surface area contributed by atoms with Crippen molar-refractivity contribution in [3.05, 3.63) is 46.8 Å². The van der Waals surface area contributed by atoms with Gasteiger partial charge in [0.15, 0.2) is 0 Å². The molecule has 2 aromatic rings. The summed E-state index contributed by atoms with van der Waals surface area (Å²) in [5.41, 5.74) is 3.77. The van der Waals surface area contributed by atoms with E-state index in [1.54, 1.807) is 0 Å². The van der Waals surface area contributed by atoms with Crippen LogP contribution in [-0.2, 0) is 10.2 Å². The van der Waals surface area contributed by atoms with Gasteiger partial charge in [-0.15, -0.1) is 0 Å². The van der Waals surface area contributed by atoms with Crippen molar-refractivity contribution in [1.29, 1.82) is 0 Å². The van der Waals surface area contributed by atoms with Gasteiger partial charge in [0, 0.05) is 23.8 Å². The molecule has 3 heterocycles. The number of nitrogens with one attached hydrogen (secondary N) is 2. The summed E-state index contributed by atoms with van der Waals surface area (Å²) in [7, 11) is 0. The van der Waals surface area contributed by atoms with Gasteiger partial charge < -0.3 is 10.2 Å². The number of amides is 2. The quantitative estimate of drug-likeness (QED) is 0.855. The minimum absolute atomic E-state index is 0.0284. The number of aromatic nitrogens is 2. The Bertz CT molecular complexity index is 961. The van der Waals surface area contributed by atoms with Crippen LogP contribution in [0.3, 0.4) is 0 Å². The van der Waals surface area contributed by atoms with Crippen LogP contribution < -0.4 is 5.32 Å². The van der Waals surface area contributed by atoms with Gasteiger partial charge in [-0.3, -0.25) is 14.7 Å². The average molecular weight is 378 g/mol. The normalized spacial score (nSPS) is 26.0. The van der Waals surface area contributed by atoms with Crippen LogP contribution in [0, 0.1) is 6.92 Å². The SMILES string of the molecule is CCC[C@@H]1N(C(=O)c2c(C3CC3)n[nH]c2C)CC[C@@]12C(=O)Nc1ccccc12. The third kappa shape index (κ3) is 2.30. The van der Waals surface area contributed by atoms with Crippen molar-refractivity contribution in [3.63, 3.8) is 0 Å². The van der Waals surface area contributed by atoms with Gasteiger partial charge in [0.05, 0.1) is 22.7 Å². The maximum absolute atomic E-state index is 13.7. The predicted molar refractivity (Wildman–Crippen MR) is 106 cm³/mol. The molecule has 3 aliphatic rings. The second kappa shape index (κ2) is 6.19. The molecular weight excluding hydrogens is 352 g/mol. The Morgan fingerprint density at radius 1 is 1.32 bits per heavy atom. The van der Waals surface area contributed by atoms with Crippen LogP contribution in [0.5, 0.6) is 0 Å². The first-order valence-corrected chi connectivity index (χ1v) is 10.3. The van der Waals surface area contributed by atoms with E-state index in [2.05, 4.69) is 22.4 Å². The van der Waals surface area contributed by atoms with Crippen molar-refractivity contribution in [1.82, 2.24) is 15.1 Å². The number of carbonyl (C=O) groups is 2. The lowest BCUT2D eigenvalue weighted by Crippen LogP contribution is -2.48. The second-order valence-electron chi connectivity index (χ2n) is 8.41. The number of para-hydroxylation sites is 1. The average Bonchev–Trinajstić information content (AvgIpc) is 3.27. The molecule has 0 bridgehead atoms. The number of fused-ring (bicyclic) bond motifs is 2. The number of likely N-dealkylation sites (tertiary alicyclic amines) is 1. The molecule has 2 N–H and O–H groups in total. The Kier molecular flexibility index (Phi) is 3.86. The topological polar surface area (TPSA) is 78.1 Å². The Labute approximate surface area is 164 Å². The first-order chi connectivity index (χ1) is 13.6. The van der Waals surface area contributed by atoms with Crippen molar-refractivity contribution in [3.8, 4) is 0 Å². The highest BCUT2D eigenvalue weighted by Crippen LogP contribution is 2.50. The lowest BCUT2D eigenvalue weighted by molar-refractivity contribution is -0.121. The molecule has 1 aromatic carbocycles. The van der Waals surface area contributed by atoms with Crippen molar-refractivity contribution >= 4 is 17.5 Å². The van der Waals surface area contributed by atoms with Gasteiger partial charge in [0.2, 0.25) is 5.91 Å². The third-order valence-corrected chi connectivity index (χ3v) is 6.73. The van der Waals surface area contributed by atoms with Crippen molar-refractivity contribution in [2.45, 2.75) is 63.3 Å². The number of nitrogens with zero attached hydrogens (tertiary/aromatic N) is 2. The fourth-order valence-corrected chi connectivity index (χ4v) is 5.23. The molecule has 28 heavy (non-hydrogen) atoms. The molecule has 1 saturated carbocycles. The summed E-state index contributed by atoms with van der Waals surface area (Å²) in [6.45, 7) is 4.64. The summed E-state index contributed by atoms with van der Waals surface area (Å²) in [5.74, 6) is 0.468. The maximum Gasteiger partial charge on any atom is 0.257 e. The van der Waals surface area contributed by atoms with Gasteiger partial charge >= 0.3 is 0 Å². The molecule has 1 aromatic heterocycles. The molecule has 2 atom stereocenters. The summed E-state index contributed by atoms with van der Waals surface area (Å²) in [5, 5.41) is 10.5. The molecule has 0 radical (unpaired) electrons. The smallest absolute Gasteiger partial charge is 0.257 e. The Morgan fingerprint density at radius 2 is 2.11 bits per heavy atom. The minimum Gasteiger partial charge on any atom is -0.334 e. The molecule has 1 spiro atoms. The number of aromatic amines is 1. The molecule has 0 unspecified atom stereocenters. The van der Waals surface area contributed by atoms with E-state index in [9.17, 15) is 9.59 Å².